The number of carbonyl (C=O) groups excluding carboxylic acids is 1. The van der Waals surface area contributed by atoms with E-state index in [0.29, 0.717) is 16.8 Å². The van der Waals surface area contributed by atoms with Crippen LogP contribution in [0.15, 0.2) is 42.5 Å². The lowest BCUT2D eigenvalue weighted by Crippen LogP contribution is -2.48. The van der Waals surface area contributed by atoms with Crippen LogP contribution in [0.2, 0.25) is 5.02 Å². The standard InChI is InChI=1S/C26H33ClFN3O2/c1-18-16-31(14-13-29-18)17-20-3-8-22(15-25(20)27)30(2)26(32)19-4-9-23(10-5-19)33-24-11-6-21(28)7-12-24/h3,6-8,11-12,15,18-19,23,29H,4-5,9-10,13-14,16-17H2,1-2H3/t18-,19?,23?/m0/s1. The van der Waals surface area contributed by atoms with Crippen molar-refractivity contribution in [3.05, 3.63) is 58.9 Å². The highest BCUT2D eigenvalue weighted by Crippen LogP contribution is 2.31. The molecule has 7 heteroatoms. The third-order valence-corrected chi connectivity index (χ3v) is 7.09. The smallest absolute Gasteiger partial charge is 0.229 e. The van der Waals surface area contributed by atoms with Crippen molar-refractivity contribution >= 4 is 23.2 Å². The molecule has 1 saturated heterocycles. The molecule has 1 aliphatic carbocycles. The summed E-state index contributed by atoms with van der Waals surface area (Å²) in [6.07, 6.45) is 3.24. The van der Waals surface area contributed by atoms with Gasteiger partial charge in [0.2, 0.25) is 5.91 Å². The van der Waals surface area contributed by atoms with Crippen LogP contribution in [0.1, 0.15) is 38.2 Å². The number of benzene rings is 2. The van der Waals surface area contributed by atoms with Gasteiger partial charge in [-0.3, -0.25) is 9.69 Å². The van der Waals surface area contributed by atoms with Gasteiger partial charge in [-0.2, -0.15) is 0 Å². The summed E-state index contributed by atoms with van der Waals surface area (Å²) >= 11 is 6.61. The quantitative estimate of drug-likeness (QED) is 0.650. The molecule has 0 radical (unpaired) electrons. The number of rotatable bonds is 6. The SMILES string of the molecule is C[C@H]1CN(Cc2ccc(N(C)C(=O)C3CCC(Oc4ccc(F)cc4)CC3)cc2Cl)CCN1. The molecule has 0 aromatic heterocycles. The zero-order valence-corrected chi connectivity index (χ0v) is 20.2. The maximum atomic E-state index is 13.1. The minimum atomic E-state index is -0.272. The molecule has 1 saturated carbocycles. The van der Waals surface area contributed by atoms with Crippen molar-refractivity contribution in [2.75, 3.05) is 31.6 Å². The molecule has 1 aliphatic heterocycles. The van der Waals surface area contributed by atoms with Crippen LogP contribution < -0.4 is 15.0 Å². The highest BCUT2D eigenvalue weighted by atomic mass is 35.5. The van der Waals surface area contributed by atoms with Crippen molar-refractivity contribution in [2.45, 2.75) is 51.3 Å². The molecule has 1 amide bonds. The Balaban J connectivity index is 1.30. The molecule has 0 spiro atoms. The summed E-state index contributed by atoms with van der Waals surface area (Å²) in [5.74, 6) is 0.498. The van der Waals surface area contributed by atoms with Gasteiger partial charge >= 0.3 is 0 Å². The molecule has 1 N–H and O–H groups in total. The third kappa shape index (κ3) is 6.25. The fraction of sp³-hybridized carbons (Fsp3) is 0.500. The normalized spacial score (nSPS) is 23.8. The van der Waals surface area contributed by atoms with Crippen molar-refractivity contribution in [1.29, 1.82) is 0 Å². The summed E-state index contributed by atoms with van der Waals surface area (Å²) < 4.78 is 19.0. The topological polar surface area (TPSA) is 44.8 Å². The van der Waals surface area contributed by atoms with Gasteiger partial charge in [0.25, 0.3) is 0 Å². The fourth-order valence-electron chi connectivity index (χ4n) is 4.80. The van der Waals surface area contributed by atoms with E-state index in [1.54, 1.807) is 17.0 Å². The Labute approximate surface area is 200 Å². The van der Waals surface area contributed by atoms with Crippen molar-refractivity contribution in [3.8, 4) is 5.75 Å². The molecule has 2 aromatic rings. The first-order valence-electron chi connectivity index (χ1n) is 11.8. The second-order valence-corrected chi connectivity index (χ2v) is 9.72. The van der Waals surface area contributed by atoms with E-state index in [1.165, 1.54) is 12.1 Å². The van der Waals surface area contributed by atoms with Gasteiger partial charge in [0.05, 0.1) is 6.10 Å². The van der Waals surface area contributed by atoms with Gasteiger partial charge in [-0.1, -0.05) is 17.7 Å². The van der Waals surface area contributed by atoms with Gasteiger partial charge in [0, 0.05) is 55.9 Å². The molecule has 5 nitrogen and oxygen atoms in total. The molecule has 2 aliphatic rings. The van der Waals surface area contributed by atoms with Crippen LogP contribution in [-0.4, -0.2) is 49.6 Å². The Morgan fingerprint density at radius 1 is 1.18 bits per heavy atom. The molecule has 0 unspecified atom stereocenters. The number of nitrogens with one attached hydrogen (secondary N) is 1. The summed E-state index contributed by atoms with van der Waals surface area (Å²) in [5, 5.41) is 4.16. The molecular weight excluding hydrogens is 441 g/mol. The Kier molecular flexibility index (Phi) is 7.89. The molecule has 1 atom stereocenters. The summed E-state index contributed by atoms with van der Waals surface area (Å²) in [6.45, 7) is 6.02. The molecule has 0 bridgehead atoms. The second kappa shape index (κ2) is 10.9. The van der Waals surface area contributed by atoms with E-state index < -0.39 is 0 Å². The van der Waals surface area contributed by atoms with E-state index in [1.807, 2.05) is 25.2 Å². The van der Waals surface area contributed by atoms with E-state index in [2.05, 4.69) is 17.1 Å². The number of anilines is 1. The minimum absolute atomic E-state index is 0.0242. The number of piperazine rings is 1. The number of carbonyl (C=O) groups is 1. The van der Waals surface area contributed by atoms with E-state index in [9.17, 15) is 9.18 Å². The van der Waals surface area contributed by atoms with Gasteiger partial charge in [-0.15, -0.1) is 0 Å². The van der Waals surface area contributed by atoms with Gasteiger partial charge in [-0.25, -0.2) is 4.39 Å². The van der Waals surface area contributed by atoms with Crippen molar-refractivity contribution < 1.29 is 13.9 Å². The molecule has 2 aromatic carbocycles. The molecule has 2 fully saturated rings. The summed E-state index contributed by atoms with van der Waals surface area (Å²) in [6, 6.07) is 12.5. The van der Waals surface area contributed by atoms with Crippen LogP contribution in [0, 0.1) is 11.7 Å². The predicted molar refractivity (Wildman–Crippen MR) is 130 cm³/mol. The number of hydrogen-bond acceptors (Lipinski definition) is 4. The highest BCUT2D eigenvalue weighted by molar-refractivity contribution is 6.31. The van der Waals surface area contributed by atoms with Crippen LogP contribution in [0.3, 0.4) is 0 Å². The summed E-state index contributed by atoms with van der Waals surface area (Å²) in [4.78, 5) is 17.3. The zero-order chi connectivity index (χ0) is 23.4. The Morgan fingerprint density at radius 3 is 2.58 bits per heavy atom. The van der Waals surface area contributed by atoms with Gasteiger partial charge < -0.3 is 15.0 Å². The molecule has 178 valence electrons. The lowest BCUT2D eigenvalue weighted by molar-refractivity contribution is -0.123. The molecular formula is C26H33ClFN3O2. The highest BCUT2D eigenvalue weighted by Gasteiger charge is 2.30. The Hall–Kier alpha value is -2.15. The summed E-state index contributed by atoms with van der Waals surface area (Å²) in [5.41, 5.74) is 1.92. The fourth-order valence-corrected chi connectivity index (χ4v) is 5.04. The van der Waals surface area contributed by atoms with Crippen LogP contribution in [0.4, 0.5) is 10.1 Å². The zero-order valence-electron chi connectivity index (χ0n) is 19.4. The van der Waals surface area contributed by atoms with Crippen LogP contribution >= 0.6 is 11.6 Å². The van der Waals surface area contributed by atoms with E-state index in [-0.39, 0.29) is 23.7 Å². The lowest BCUT2D eigenvalue weighted by Gasteiger charge is -2.32. The van der Waals surface area contributed by atoms with Gasteiger partial charge in [-0.05, 0) is 74.6 Å². The van der Waals surface area contributed by atoms with Crippen LogP contribution in [-0.2, 0) is 11.3 Å². The lowest BCUT2D eigenvalue weighted by atomic mass is 9.86. The van der Waals surface area contributed by atoms with E-state index in [0.717, 1.165) is 63.1 Å². The number of hydrogen-bond donors (Lipinski definition) is 1. The van der Waals surface area contributed by atoms with Gasteiger partial charge in [0.1, 0.15) is 11.6 Å². The molecule has 1 heterocycles. The predicted octanol–water partition coefficient (Wildman–Crippen LogP) is 4.87. The maximum Gasteiger partial charge on any atom is 0.229 e. The Morgan fingerprint density at radius 2 is 1.91 bits per heavy atom. The first kappa shape index (κ1) is 24.0. The van der Waals surface area contributed by atoms with Crippen molar-refractivity contribution in [2.24, 2.45) is 5.92 Å². The van der Waals surface area contributed by atoms with E-state index in [4.69, 9.17) is 16.3 Å². The first-order valence-corrected chi connectivity index (χ1v) is 12.2. The number of nitrogens with zero attached hydrogens (tertiary/aromatic N) is 2. The van der Waals surface area contributed by atoms with Crippen molar-refractivity contribution in [3.63, 3.8) is 0 Å². The van der Waals surface area contributed by atoms with E-state index >= 15 is 0 Å². The monoisotopic (exact) mass is 473 g/mol. The maximum absolute atomic E-state index is 13.1. The average molecular weight is 474 g/mol. The third-order valence-electron chi connectivity index (χ3n) is 6.74. The number of amides is 1. The van der Waals surface area contributed by atoms with Crippen LogP contribution in [0.25, 0.3) is 0 Å². The summed E-state index contributed by atoms with van der Waals surface area (Å²) in [7, 11) is 1.83. The van der Waals surface area contributed by atoms with Crippen molar-refractivity contribution in [1.82, 2.24) is 10.2 Å². The average Bonchev–Trinajstić information content (AvgIpc) is 2.81. The second-order valence-electron chi connectivity index (χ2n) is 9.31. The largest absolute Gasteiger partial charge is 0.490 e. The minimum Gasteiger partial charge on any atom is -0.490 e. The van der Waals surface area contributed by atoms with Gasteiger partial charge in [0.15, 0.2) is 0 Å². The molecule has 33 heavy (non-hydrogen) atoms. The molecule has 4 rings (SSSR count). The number of halogens is 2. The number of ether oxygens (including phenoxy) is 1. The Bertz CT molecular complexity index is 947. The van der Waals surface area contributed by atoms with Crippen LogP contribution in [0.5, 0.6) is 5.75 Å². The first-order chi connectivity index (χ1) is 15.9.